The van der Waals surface area contributed by atoms with Crippen molar-refractivity contribution >= 4 is 11.4 Å². The highest BCUT2D eigenvalue weighted by molar-refractivity contribution is 5.49. The maximum atomic E-state index is 12.2. The minimum absolute atomic E-state index is 0.205. The zero-order chi connectivity index (χ0) is 45.2. The van der Waals surface area contributed by atoms with Gasteiger partial charge in [-0.25, -0.2) is 4.98 Å². The normalized spacial score (nSPS) is 15.2. The van der Waals surface area contributed by atoms with Crippen molar-refractivity contribution in [3.8, 4) is 34.4 Å². The van der Waals surface area contributed by atoms with E-state index in [1.165, 1.54) is 61.3 Å². The third kappa shape index (κ3) is 15.3. The fraction of sp³-hybridized carbons (Fsp3) is 0.460. The Morgan fingerprint density at radius 3 is 1.45 bits per heavy atom. The highest BCUT2D eigenvalue weighted by atomic mass is 19.4. The second kappa shape index (κ2) is 24.5. The number of imidazole rings is 1. The van der Waals surface area contributed by atoms with Crippen molar-refractivity contribution < 1.29 is 36.9 Å². The average Bonchev–Trinajstić information content (AvgIpc) is 3.87. The van der Waals surface area contributed by atoms with Crippen LogP contribution in [-0.2, 0) is 12.8 Å². The minimum Gasteiger partial charge on any atom is -0.493 e. The number of ether oxygens (including phenoxy) is 5. The Kier molecular flexibility index (Phi) is 18.3. The van der Waals surface area contributed by atoms with E-state index in [9.17, 15) is 13.2 Å². The molecule has 2 aliphatic rings. The number of alkyl halides is 3. The maximum absolute atomic E-state index is 12.2. The summed E-state index contributed by atoms with van der Waals surface area (Å²) >= 11 is 0. The molecule has 2 fully saturated rings. The standard InChI is InChI=1S/C26H34N4O2.C24H31F3N2O3/c1-31-25-8-3-22(19-26(25)32-2)12-17-29-15-10-21(11-16-29)9-13-28-23-4-6-24(7-5-23)30-18-14-27-20-30;1-30-22-8-3-19(17-23(22)31-2)12-16-29-14-10-18(11-15-29)9-13-28-20-4-6-21(7-5-20)32-24(25,26)27/h3-8,14,18-21,28H,9-13,15-17H2,1-2H3;3-8,17-18,28H,9-16H2,1-2H3. The number of hydrogen-bond donors (Lipinski definition) is 2. The van der Waals surface area contributed by atoms with Crippen molar-refractivity contribution in [2.75, 3.05) is 91.4 Å². The quantitative estimate of drug-likeness (QED) is 0.0787. The first-order chi connectivity index (χ1) is 31.1. The second-order valence-corrected chi connectivity index (χ2v) is 16.5. The van der Waals surface area contributed by atoms with Gasteiger partial charge in [-0.15, -0.1) is 13.2 Å². The van der Waals surface area contributed by atoms with Crippen LogP contribution in [-0.4, -0.2) is 107 Å². The van der Waals surface area contributed by atoms with Crippen LogP contribution in [0.3, 0.4) is 0 Å². The molecular formula is C50H65F3N6O5. The predicted octanol–water partition coefficient (Wildman–Crippen LogP) is 10.0. The van der Waals surface area contributed by atoms with Crippen molar-refractivity contribution in [2.45, 2.75) is 57.7 Å². The van der Waals surface area contributed by atoms with Crippen molar-refractivity contribution in [1.82, 2.24) is 19.4 Å². The lowest BCUT2D eigenvalue weighted by atomic mass is 9.93. The first-order valence-corrected chi connectivity index (χ1v) is 22.4. The molecule has 0 spiro atoms. The number of nitrogens with one attached hydrogen (secondary N) is 2. The van der Waals surface area contributed by atoms with Gasteiger partial charge in [-0.2, -0.15) is 0 Å². The lowest BCUT2D eigenvalue weighted by molar-refractivity contribution is -0.274. The number of aromatic nitrogens is 2. The van der Waals surface area contributed by atoms with Crippen LogP contribution >= 0.6 is 0 Å². The van der Waals surface area contributed by atoms with Crippen LogP contribution in [0.15, 0.2) is 104 Å². The number of anilines is 2. The lowest BCUT2D eigenvalue weighted by Crippen LogP contribution is -2.35. The van der Waals surface area contributed by atoms with Crippen molar-refractivity contribution in [3.05, 3.63) is 115 Å². The van der Waals surface area contributed by atoms with E-state index in [0.29, 0.717) is 5.92 Å². The second-order valence-electron chi connectivity index (χ2n) is 16.5. The summed E-state index contributed by atoms with van der Waals surface area (Å²) in [6, 6.07) is 26.7. The van der Waals surface area contributed by atoms with Gasteiger partial charge < -0.3 is 48.7 Å². The van der Waals surface area contributed by atoms with Crippen LogP contribution in [0.2, 0.25) is 0 Å². The Hall–Kier alpha value is -5.60. The van der Waals surface area contributed by atoms with Crippen LogP contribution < -0.4 is 34.3 Å². The number of likely N-dealkylation sites (tertiary alicyclic amines) is 2. The smallest absolute Gasteiger partial charge is 0.493 e. The molecule has 346 valence electrons. The van der Waals surface area contributed by atoms with E-state index in [-0.39, 0.29) is 5.75 Å². The highest BCUT2D eigenvalue weighted by Gasteiger charge is 2.31. The Morgan fingerprint density at radius 2 is 1.05 bits per heavy atom. The number of hydrogen-bond acceptors (Lipinski definition) is 10. The van der Waals surface area contributed by atoms with Gasteiger partial charge in [-0.3, -0.25) is 0 Å². The summed E-state index contributed by atoms with van der Waals surface area (Å²) in [6.07, 6.45) is 10.1. The van der Waals surface area contributed by atoms with E-state index in [1.807, 2.05) is 35.3 Å². The van der Waals surface area contributed by atoms with Gasteiger partial charge in [-0.05, 0) is 173 Å². The van der Waals surface area contributed by atoms with Gasteiger partial charge in [0, 0.05) is 55.6 Å². The molecule has 0 aliphatic carbocycles. The van der Waals surface area contributed by atoms with Gasteiger partial charge >= 0.3 is 6.36 Å². The summed E-state index contributed by atoms with van der Waals surface area (Å²) in [7, 11) is 6.66. The summed E-state index contributed by atoms with van der Waals surface area (Å²) in [5.74, 6) is 4.38. The van der Waals surface area contributed by atoms with E-state index in [4.69, 9.17) is 18.9 Å². The van der Waals surface area contributed by atoms with E-state index >= 15 is 0 Å². The third-order valence-corrected chi connectivity index (χ3v) is 12.3. The fourth-order valence-corrected chi connectivity index (χ4v) is 8.42. The summed E-state index contributed by atoms with van der Waals surface area (Å²) in [4.78, 5) is 9.19. The molecule has 3 heterocycles. The van der Waals surface area contributed by atoms with E-state index < -0.39 is 6.36 Å². The Morgan fingerprint density at radius 1 is 0.594 bits per heavy atom. The van der Waals surface area contributed by atoms with Crippen LogP contribution in [0.4, 0.5) is 24.5 Å². The van der Waals surface area contributed by atoms with E-state index in [2.05, 4.69) is 72.6 Å². The minimum atomic E-state index is -4.66. The Labute approximate surface area is 376 Å². The van der Waals surface area contributed by atoms with Crippen LogP contribution in [0.1, 0.15) is 49.7 Å². The molecule has 5 aromatic rings. The molecule has 0 unspecified atom stereocenters. The molecule has 11 nitrogen and oxygen atoms in total. The maximum Gasteiger partial charge on any atom is 0.573 e. The molecule has 14 heteroatoms. The molecule has 0 saturated carbocycles. The number of halogens is 3. The molecule has 0 radical (unpaired) electrons. The highest BCUT2D eigenvalue weighted by Crippen LogP contribution is 2.30. The topological polar surface area (TPSA) is 94.5 Å². The lowest BCUT2D eigenvalue weighted by Gasteiger charge is -2.32. The first kappa shape index (κ1) is 47.9. The van der Waals surface area contributed by atoms with Gasteiger partial charge in [0.25, 0.3) is 0 Å². The molecule has 2 N–H and O–H groups in total. The molecule has 4 aromatic carbocycles. The number of nitrogens with zero attached hydrogens (tertiary/aromatic N) is 4. The summed E-state index contributed by atoms with van der Waals surface area (Å²) in [5.41, 5.74) is 5.65. The molecule has 1 aromatic heterocycles. The summed E-state index contributed by atoms with van der Waals surface area (Å²) in [5, 5.41) is 6.87. The molecule has 0 bridgehead atoms. The zero-order valence-corrected chi connectivity index (χ0v) is 37.7. The number of piperidine rings is 2. The van der Waals surface area contributed by atoms with Gasteiger partial charge in [0.05, 0.1) is 34.8 Å². The van der Waals surface area contributed by atoms with Crippen LogP contribution in [0, 0.1) is 11.8 Å². The van der Waals surface area contributed by atoms with Crippen molar-refractivity contribution in [2.24, 2.45) is 11.8 Å². The van der Waals surface area contributed by atoms with Gasteiger partial charge in [0.2, 0.25) is 0 Å². The van der Waals surface area contributed by atoms with Crippen LogP contribution in [0.5, 0.6) is 28.7 Å². The van der Waals surface area contributed by atoms with Crippen molar-refractivity contribution in [3.63, 3.8) is 0 Å². The van der Waals surface area contributed by atoms with Gasteiger partial charge in [0.1, 0.15) is 5.75 Å². The molecule has 2 aliphatic heterocycles. The largest absolute Gasteiger partial charge is 0.573 e. The monoisotopic (exact) mass is 886 g/mol. The van der Waals surface area contributed by atoms with Crippen LogP contribution in [0.25, 0.3) is 5.69 Å². The summed E-state index contributed by atoms with van der Waals surface area (Å²) in [6.45, 7) is 8.50. The first-order valence-electron chi connectivity index (χ1n) is 22.4. The molecule has 2 saturated heterocycles. The fourth-order valence-electron chi connectivity index (χ4n) is 8.42. The number of rotatable bonds is 20. The number of benzene rings is 4. The molecular weight excluding hydrogens is 822 g/mol. The zero-order valence-electron chi connectivity index (χ0n) is 37.7. The molecule has 0 amide bonds. The van der Waals surface area contributed by atoms with E-state index in [0.717, 1.165) is 112 Å². The third-order valence-electron chi connectivity index (χ3n) is 12.3. The Bertz CT molecular complexity index is 2090. The van der Waals surface area contributed by atoms with Gasteiger partial charge in [-0.1, -0.05) is 12.1 Å². The molecule has 64 heavy (non-hydrogen) atoms. The average molecular weight is 887 g/mol. The number of methoxy groups -OCH3 is 4. The van der Waals surface area contributed by atoms with E-state index in [1.54, 1.807) is 46.8 Å². The molecule has 7 rings (SSSR count). The summed E-state index contributed by atoms with van der Waals surface area (Å²) < 4.78 is 64.0. The Balaban J connectivity index is 0.000000213. The van der Waals surface area contributed by atoms with Gasteiger partial charge in [0.15, 0.2) is 23.0 Å². The SMILES string of the molecule is COc1ccc(CCN2CCC(CCNc3ccc(-n4ccnc4)cc3)CC2)cc1OC.COc1ccc(CCN2CCC(CCNc3ccc(OC(F)(F)F)cc3)CC2)cc1OC. The molecule has 0 atom stereocenters. The predicted molar refractivity (Wildman–Crippen MR) is 248 cm³/mol. The van der Waals surface area contributed by atoms with Crippen molar-refractivity contribution in [1.29, 1.82) is 0 Å².